The van der Waals surface area contributed by atoms with E-state index >= 15 is 0 Å². The lowest BCUT2D eigenvalue weighted by molar-refractivity contribution is 0.0696. The number of carboxylic acid groups (broad SMARTS) is 1. The van der Waals surface area contributed by atoms with E-state index in [-0.39, 0.29) is 16.5 Å². The average Bonchev–Trinajstić information content (AvgIpc) is 2.91. The topological polar surface area (TPSA) is 83.9 Å². The molecule has 0 spiro atoms. The molecule has 0 saturated carbocycles. The number of benzene rings is 1. The summed E-state index contributed by atoms with van der Waals surface area (Å²) in [6.07, 6.45) is 0.646. The summed E-state index contributed by atoms with van der Waals surface area (Å²) in [6, 6.07) is 3.91. The Morgan fingerprint density at radius 1 is 1.45 bits per heavy atom. The Balaban J connectivity index is 2.42. The fourth-order valence-corrected chi connectivity index (χ4v) is 3.79. The second-order valence-corrected chi connectivity index (χ2v) is 6.79. The highest BCUT2D eigenvalue weighted by Gasteiger charge is 2.31. The average molecular weight is 299 g/mol. The first-order valence-corrected chi connectivity index (χ1v) is 7.68. The van der Waals surface area contributed by atoms with Crippen LogP contribution in [0.15, 0.2) is 23.1 Å². The summed E-state index contributed by atoms with van der Waals surface area (Å²) < 4.78 is 31.7. The van der Waals surface area contributed by atoms with Crippen LogP contribution in [0.1, 0.15) is 22.3 Å². The highest BCUT2D eigenvalue weighted by Crippen LogP contribution is 2.24. The first kappa shape index (κ1) is 15.0. The van der Waals surface area contributed by atoms with Crippen LogP contribution in [0.4, 0.5) is 0 Å². The molecule has 20 heavy (non-hydrogen) atoms. The van der Waals surface area contributed by atoms with Crippen LogP contribution in [-0.2, 0) is 14.8 Å². The van der Waals surface area contributed by atoms with Gasteiger partial charge in [0.25, 0.3) is 0 Å². The number of sulfonamides is 1. The number of hydrogen-bond acceptors (Lipinski definition) is 4. The molecule has 110 valence electrons. The minimum Gasteiger partial charge on any atom is -0.478 e. The van der Waals surface area contributed by atoms with Crippen molar-refractivity contribution in [2.24, 2.45) is 0 Å². The molecule has 6 nitrogen and oxygen atoms in total. The molecule has 1 aromatic rings. The lowest BCUT2D eigenvalue weighted by Crippen LogP contribution is -2.37. The first-order chi connectivity index (χ1) is 9.34. The van der Waals surface area contributed by atoms with Crippen LogP contribution in [0.5, 0.6) is 0 Å². The zero-order valence-electron chi connectivity index (χ0n) is 11.4. The van der Waals surface area contributed by atoms with E-state index in [1.807, 2.05) is 0 Å². The van der Waals surface area contributed by atoms with Crippen molar-refractivity contribution in [2.75, 3.05) is 20.3 Å². The summed E-state index contributed by atoms with van der Waals surface area (Å²) in [5, 5.41) is 8.99. The summed E-state index contributed by atoms with van der Waals surface area (Å²) in [4.78, 5) is 11.0. The summed E-state index contributed by atoms with van der Waals surface area (Å²) in [7, 11) is -2.22. The van der Waals surface area contributed by atoms with Crippen molar-refractivity contribution in [1.82, 2.24) is 4.31 Å². The van der Waals surface area contributed by atoms with Gasteiger partial charge in [-0.2, -0.15) is 4.31 Å². The highest BCUT2D eigenvalue weighted by molar-refractivity contribution is 7.89. The Bertz CT molecular complexity index is 620. The maximum atomic E-state index is 12.6. The molecule has 1 aliphatic heterocycles. The number of aromatic carboxylic acids is 1. The first-order valence-electron chi connectivity index (χ1n) is 6.24. The summed E-state index contributed by atoms with van der Waals surface area (Å²) in [5.74, 6) is -1.15. The minimum atomic E-state index is -3.72. The van der Waals surface area contributed by atoms with E-state index in [9.17, 15) is 13.2 Å². The van der Waals surface area contributed by atoms with Crippen molar-refractivity contribution in [3.05, 3.63) is 29.3 Å². The van der Waals surface area contributed by atoms with E-state index in [2.05, 4.69) is 0 Å². The van der Waals surface area contributed by atoms with E-state index < -0.39 is 16.0 Å². The molecule has 1 unspecified atom stereocenters. The van der Waals surface area contributed by atoms with Gasteiger partial charge < -0.3 is 9.84 Å². The number of carbonyl (C=O) groups is 1. The lowest BCUT2D eigenvalue weighted by Gasteiger charge is -2.23. The van der Waals surface area contributed by atoms with Crippen molar-refractivity contribution in [2.45, 2.75) is 24.3 Å². The van der Waals surface area contributed by atoms with Crippen LogP contribution in [0.2, 0.25) is 0 Å². The van der Waals surface area contributed by atoms with E-state index in [0.29, 0.717) is 25.2 Å². The van der Waals surface area contributed by atoms with Crippen LogP contribution in [0.25, 0.3) is 0 Å². The molecule has 0 bridgehead atoms. The second-order valence-electron chi connectivity index (χ2n) is 4.82. The molecule has 1 fully saturated rings. The minimum absolute atomic E-state index is 0.0341. The van der Waals surface area contributed by atoms with Crippen LogP contribution in [0, 0.1) is 6.92 Å². The molecule has 0 radical (unpaired) electrons. The standard InChI is InChI=1S/C13H17NO5S/c1-9-3-4-10(13(15)16)7-12(9)20(17,18)14(2)11-5-6-19-8-11/h3-4,7,11H,5-6,8H2,1-2H3,(H,15,16). The van der Waals surface area contributed by atoms with Crippen molar-refractivity contribution < 1.29 is 23.1 Å². The van der Waals surface area contributed by atoms with Gasteiger partial charge in [-0.1, -0.05) is 6.07 Å². The van der Waals surface area contributed by atoms with Crippen LogP contribution in [-0.4, -0.2) is 50.1 Å². The highest BCUT2D eigenvalue weighted by atomic mass is 32.2. The zero-order valence-corrected chi connectivity index (χ0v) is 12.2. The third-order valence-corrected chi connectivity index (χ3v) is 5.56. The summed E-state index contributed by atoms with van der Waals surface area (Å²) >= 11 is 0. The third-order valence-electron chi connectivity index (χ3n) is 3.51. The number of hydrogen-bond donors (Lipinski definition) is 1. The maximum Gasteiger partial charge on any atom is 0.335 e. The van der Waals surface area contributed by atoms with E-state index in [0.717, 1.165) is 0 Å². The molecule has 0 amide bonds. The van der Waals surface area contributed by atoms with Gasteiger partial charge in [0, 0.05) is 13.7 Å². The third kappa shape index (κ3) is 2.70. The van der Waals surface area contributed by atoms with Gasteiger partial charge in [-0.25, -0.2) is 13.2 Å². The van der Waals surface area contributed by atoms with E-state index in [1.165, 1.54) is 29.6 Å². The lowest BCUT2D eigenvalue weighted by atomic mass is 10.1. The fraction of sp³-hybridized carbons (Fsp3) is 0.462. The molecule has 0 aliphatic carbocycles. The monoisotopic (exact) mass is 299 g/mol. The maximum absolute atomic E-state index is 12.6. The number of nitrogens with zero attached hydrogens (tertiary/aromatic N) is 1. The Kier molecular flexibility index (Phi) is 4.12. The van der Waals surface area contributed by atoms with Gasteiger partial charge in [-0.05, 0) is 31.0 Å². The van der Waals surface area contributed by atoms with Crippen molar-refractivity contribution in [3.8, 4) is 0 Å². The van der Waals surface area contributed by atoms with Crippen LogP contribution >= 0.6 is 0 Å². The molecule has 1 N–H and O–H groups in total. The SMILES string of the molecule is Cc1ccc(C(=O)O)cc1S(=O)(=O)N(C)C1CCOC1. The Morgan fingerprint density at radius 2 is 2.15 bits per heavy atom. The normalized spacial score (nSPS) is 19.4. The van der Waals surface area contributed by atoms with Gasteiger partial charge in [0.2, 0.25) is 10.0 Å². The Hall–Kier alpha value is -1.44. The summed E-state index contributed by atoms with van der Waals surface area (Å²) in [5.41, 5.74) is 0.492. The molecular weight excluding hydrogens is 282 g/mol. The fourth-order valence-electron chi connectivity index (χ4n) is 2.17. The Labute approximate surface area is 118 Å². The number of carboxylic acids is 1. The molecule has 1 atom stereocenters. The Morgan fingerprint density at radius 3 is 2.70 bits per heavy atom. The quantitative estimate of drug-likeness (QED) is 0.900. The second kappa shape index (κ2) is 5.51. The molecule has 0 aromatic heterocycles. The van der Waals surface area contributed by atoms with E-state index in [1.54, 1.807) is 6.92 Å². The largest absolute Gasteiger partial charge is 0.478 e. The zero-order chi connectivity index (χ0) is 14.9. The predicted molar refractivity (Wildman–Crippen MR) is 72.3 cm³/mol. The van der Waals surface area contributed by atoms with Gasteiger partial charge in [0.05, 0.1) is 23.1 Å². The molecule has 2 rings (SSSR count). The number of rotatable bonds is 4. The van der Waals surface area contributed by atoms with Crippen molar-refractivity contribution in [1.29, 1.82) is 0 Å². The van der Waals surface area contributed by atoms with Gasteiger partial charge in [-0.15, -0.1) is 0 Å². The van der Waals surface area contributed by atoms with Crippen LogP contribution < -0.4 is 0 Å². The molecular formula is C13H17NO5S. The summed E-state index contributed by atoms with van der Waals surface area (Å²) in [6.45, 7) is 2.56. The van der Waals surface area contributed by atoms with Crippen molar-refractivity contribution >= 4 is 16.0 Å². The number of likely N-dealkylation sites (N-methyl/N-ethyl adjacent to an activating group) is 1. The van der Waals surface area contributed by atoms with Gasteiger partial charge in [-0.3, -0.25) is 0 Å². The molecule has 1 aliphatic rings. The predicted octanol–water partition coefficient (Wildman–Crippen LogP) is 1.10. The van der Waals surface area contributed by atoms with Gasteiger partial charge in [0.15, 0.2) is 0 Å². The van der Waals surface area contributed by atoms with Crippen molar-refractivity contribution in [3.63, 3.8) is 0 Å². The van der Waals surface area contributed by atoms with E-state index in [4.69, 9.17) is 9.84 Å². The number of aryl methyl sites for hydroxylation is 1. The van der Waals surface area contributed by atoms with Gasteiger partial charge >= 0.3 is 5.97 Å². The number of ether oxygens (including phenoxy) is 1. The molecule has 1 saturated heterocycles. The smallest absolute Gasteiger partial charge is 0.335 e. The molecule has 1 heterocycles. The molecule has 1 aromatic carbocycles. The molecule has 7 heteroatoms. The van der Waals surface area contributed by atoms with Crippen LogP contribution in [0.3, 0.4) is 0 Å². The van der Waals surface area contributed by atoms with Gasteiger partial charge in [0.1, 0.15) is 0 Å².